The van der Waals surface area contributed by atoms with E-state index in [0.29, 0.717) is 5.25 Å². The Labute approximate surface area is 73.0 Å². The van der Waals surface area contributed by atoms with Crippen molar-refractivity contribution in [3.05, 3.63) is 34.9 Å². The number of hydrogen-bond donors (Lipinski definition) is 1. The van der Waals surface area contributed by atoms with Gasteiger partial charge >= 0.3 is 0 Å². The van der Waals surface area contributed by atoms with Gasteiger partial charge in [-0.05, 0) is 30.9 Å². The molecule has 0 saturated heterocycles. The second-order valence-electron chi connectivity index (χ2n) is 3.26. The quantitative estimate of drug-likeness (QED) is 0.560. The second kappa shape index (κ2) is 2.56. The van der Waals surface area contributed by atoms with Crippen LogP contribution in [0.25, 0.3) is 0 Å². The summed E-state index contributed by atoms with van der Waals surface area (Å²) in [6, 6.07) is 6.69. The van der Waals surface area contributed by atoms with Gasteiger partial charge in [-0.1, -0.05) is 23.8 Å². The molecule has 1 heteroatoms. The van der Waals surface area contributed by atoms with E-state index in [1.54, 1.807) is 0 Å². The van der Waals surface area contributed by atoms with Crippen LogP contribution < -0.4 is 0 Å². The molecule has 0 spiro atoms. The molecule has 1 aliphatic carbocycles. The molecule has 1 atom stereocenters. The largest absolute Gasteiger partial charge is 0.171 e. The van der Waals surface area contributed by atoms with E-state index < -0.39 is 0 Å². The second-order valence-corrected chi connectivity index (χ2v) is 3.88. The molecule has 1 unspecified atom stereocenters. The molecule has 11 heavy (non-hydrogen) atoms. The van der Waals surface area contributed by atoms with Gasteiger partial charge in [0.1, 0.15) is 0 Å². The standard InChI is InChI=1S/C10H12S/c1-7-2-3-8-4-5-10(11)9(8)6-7/h2-3,6,10-11H,4-5H2,1H3. The maximum atomic E-state index is 4.52. The first-order valence-corrected chi connectivity index (χ1v) is 4.56. The fourth-order valence-electron chi connectivity index (χ4n) is 1.70. The van der Waals surface area contributed by atoms with Crippen molar-refractivity contribution in [2.24, 2.45) is 0 Å². The van der Waals surface area contributed by atoms with Gasteiger partial charge in [0, 0.05) is 5.25 Å². The third kappa shape index (κ3) is 1.18. The van der Waals surface area contributed by atoms with Crippen LogP contribution in [0.15, 0.2) is 18.2 Å². The average Bonchev–Trinajstić information content (AvgIpc) is 2.33. The highest BCUT2D eigenvalue weighted by Crippen LogP contribution is 2.35. The Balaban J connectivity index is 2.52. The van der Waals surface area contributed by atoms with Crippen molar-refractivity contribution in [3.8, 4) is 0 Å². The Morgan fingerprint density at radius 3 is 3.09 bits per heavy atom. The maximum absolute atomic E-state index is 4.52. The molecule has 0 aliphatic heterocycles. The zero-order valence-electron chi connectivity index (χ0n) is 6.67. The van der Waals surface area contributed by atoms with Gasteiger partial charge in [-0.15, -0.1) is 0 Å². The molecule has 0 fully saturated rings. The first-order chi connectivity index (χ1) is 5.27. The van der Waals surface area contributed by atoms with Crippen LogP contribution in [-0.2, 0) is 6.42 Å². The van der Waals surface area contributed by atoms with Crippen molar-refractivity contribution in [1.82, 2.24) is 0 Å². The number of aryl methyl sites for hydroxylation is 2. The summed E-state index contributed by atoms with van der Waals surface area (Å²) >= 11 is 4.52. The molecular formula is C10H12S. The lowest BCUT2D eigenvalue weighted by atomic mass is 10.1. The van der Waals surface area contributed by atoms with E-state index in [2.05, 4.69) is 37.8 Å². The molecule has 0 aromatic heterocycles. The van der Waals surface area contributed by atoms with E-state index in [4.69, 9.17) is 0 Å². The summed E-state index contributed by atoms with van der Waals surface area (Å²) in [7, 11) is 0. The van der Waals surface area contributed by atoms with E-state index in [0.717, 1.165) is 0 Å². The first-order valence-electron chi connectivity index (χ1n) is 4.05. The fourth-order valence-corrected chi connectivity index (χ4v) is 2.07. The third-order valence-corrected chi connectivity index (χ3v) is 2.88. The van der Waals surface area contributed by atoms with Gasteiger partial charge in [0.15, 0.2) is 0 Å². The van der Waals surface area contributed by atoms with Crippen molar-refractivity contribution in [2.75, 3.05) is 0 Å². The number of benzene rings is 1. The van der Waals surface area contributed by atoms with Crippen molar-refractivity contribution >= 4 is 12.6 Å². The maximum Gasteiger partial charge on any atom is 0.0273 e. The zero-order valence-corrected chi connectivity index (χ0v) is 7.57. The molecule has 0 amide bonds. The SMILES string of the molecule is Cc1ccc2c(c1)C(S)CC2. The van der Waals surface area contributed by atoms with Gasteiger partial charge in [-0.25, -0.2) is 0 Å². The molecule has 1 aromatic carbocycles. The monoisotopic (exact) mass is 164 g/mol. The highest BCUT2D eigenvalue weighted by molar-refractivity contribution is 7.80. The van der Waals surface area contributed by atoms with Crippen LogP contribution in [0.4, 0.5) is 0 Å². The predicted molar refractivity (Wildman–Crippen MR) is 51.2 cm³/mol. The Kier molecular flexibility index (Phi) is 1.68. The Bertz CT molecular complexity index is 278. The van der Waals surface area contributed by atoms with Gasteiger partial charge in [-0.2, -0.15) is 12.6 Å². The molecule has 0 nitrogen and oxygen atoms in total. The van der Waals surface area contributed by atoms with Gasteiger partial charge in [-0.3, -0.25) is 0 Å². The lowest BCUT2D eigenvalue weighted by Gasteiger charge is -2.03. The molecule has 0 N–H and O–H groups in total. The molecule has 0 radical (unpaired) electrons. The van der Waals surface area contributed by atoms with E-state index >= 15 is 0 Å². The summed E-state index contributed by atoms with van der Waals surface area (Å²) in [6.45, 7) is 2.14. The smallest absolute Gasteiger partial charge is 0.0273 e. The minimum Gasteiger partial charge on any atom is -0.171 e. The van der Waals surface area contributed by atoms with E-state index in [9.17, 15) is 0 Å². The Hall–Kier alpha value is -0.430. The fraction of sp³-hybridized carbons (Fsp3) is 0.400. The molecule has 1 aromatic rings. The molecule has 58 valence electrons. The number of rotatable bonds is 0. The molecule has 1 aliphatic rings. The van der Waals surface area contributed by atoms with Crippen molar-refractivity contribution < 1.29 is 0 Å². The van der Waals surface area contributed by atoms with Crippen molar-refractivity contribution in [1.29, 1.82) is 0 Å². The van der Waals surface area contributed by atoms with Gasteiger partial charge in [0.25, 0.3) is 0 Å². The number of thiol groups is 1. The summed E-state index contributed by atoms with van der Waals surface area (Å²) in [5, 5.41) is 0.491. The van der Waals surface area contributed by atoms with Crippen molar-refractivity contribution in [2.45, 2.75) is 25.0 Å². The van der Waals surface area contributed by atoms with E-state index in [-0.39, 0.29) is 0 Å². The topological polar surface area (TPSA) is 0 Å². The highest BCUT2D eigenvalue weighted by Gasteiger charge is 2.18. The Morgan fingerprint density at radius 2 is 2.27 bits per heavy atom. The Morgan fingerprint density at radius 1 is 1.45 bits per heavy atom. The first kappa shape index (κ1) is 7.23. The molecule has 2 rings (SSSR count). The van der Waals surface area contributed by atoms with Crippen LogP contribution in [0.1, 0.15) is 28.4 Å². The van der Waals surface area contributed by atoms with Crippen LogP contribution in [0.2, 0.25) is 0 Å². The summed E-state index contributed by atoms with van der Waals surface area (Å²) in [5.74, 6) is 0. The summed E-state index contributed by atoms with van der Waals surface area (Å²) in [4.78, 5) is 0. The van der Waals surface area contributed by atoms with Gasteiger partial charge in [0.2, 0.25) is 0 Å². The van der Waals surface area contributed by atoms with Crippen LogP contribution >= 0.6 is 12.6 Å². The molecule has 0 heterocycles. The lowest BCUT2D eigenvalue weighted by Crippen LogP contribution is -1.84. The third-order valence-electron chi connectivity index (χ3n) is 2.35. The minimum absolute atomic E-state index is 0.491. The number of hydrogen-bond acceptors (Lipinski definition) is 1. The van der Waals surface area contributed by atoms with Crippen LogP contribution in [-0.4, -0.2) is 0 Å². The van der Waals surface area contributed by atoms with Crippen LogP contribution in [0, 0.1) is 6.92 Å². The van der Waals surface area contributed by atoms with Crippen LogP contribution in [0.5, 0.6) is 0 Å². The van der Waals surface area contributed by atoms with Crippen LogP contribution in [0.3, 0.4) is 0 Å². The molecule has 0 bridgehead atoms. The number of fused-ring (bicyclic) bond motifs is 1. The van der Waals surface area contributed by atoms with E-state index in [1.165, 1.54) is 29.5 Å². The lowest BCUT2D eigenvalue weighted by molar-refractivity contribution is 0.896. The summed E-state index contributed by atoms with van der Waals surface area (Å²) < 4.78 is 0. The van der Waals surface area contributed by atoms with Gasteiger partial charge < -0.3 is 0 Å². The molecule has 0 saturated carbocycles. The average molecular weight is 164 g/mol. The highest BCUT2D eigenvalue weighted by atomic mass is 32.1. The van der Waals surface area contributed by atoms with Gasteiger partial charge in [0.05, 0.1) is 0 Å². The minimum atomic E-state index is 0.491. The van der Waals surface area contributed by atoms with Crippen molar-refractivity contribution in [3.63, 3.8) is 0 Å². The zero-order chi connectivity index (χ0) is 7.84. The normalized spacial score (nSPS) is 21.8. The molecular weight excluding hydrogens is 152 g/mol. The van der Waals surface area contributed by atoms with E-state index in [1.807, 2.05) is 0 Å². The summed E-state index contributed by atoms with van der Waals surface area (Å²) in [5.41, 5.74) is 4.30. The summed E-state index contributed by atoms with van der Waals surface area (Å²) in [6.07, 6.45) is 2.42. The predicted octanol–water partition coefficient (Wildman–Crippen LogP) is 2.91.